The number of furan rings is 1. The summed E-state index contributed by atoms with van der Waals surface area (Å²) in [5, 5.41) is 27.4. The number of hydroxylamine groups is 1. The van der Waals surface area contributed by atoms with Gasteiger partial charge in [-0.2, -0.15) is 5.48 Å². The van der Waals surface area contributed by atoms with Crippen molar-refractivity contribution in [2.24, 2.45) is 29.1 Å². The lowest BCUT2D eigenvalue weighted by atomic mass is 9.42. The Morgan fingerprint density at radius 1 is 1.30 bits per heavy atom. The summed E-state index contributed by atoms with van der Waals surface area (Å²) >= 11 is 0. The normalized spacial score (nSPS) is 43.5. The van der Waals surface area contributed by atoms with Crippen LogP contribution in [-0.4, -0.2) is 52.8 Å². The number of nitrogens with one attached hydrogen (secondary N) is 2. The Balaban J connectivity index is 1.44. The van der Waals surface area contributed by atoms with E-state index in [2.05, 4.69) is 17.7 Å². The zero-order chi connectivity index (χ0) is 25.8. The Bertz CT molecular complexity index is 1010. The van der Waals surface area contributed by atoms with Crippen LogP contribution >= 0.6 is 0 Å². The van der Waals surface area contributed by atoms with Gasteiger partial charge in [0.05, 0.1) is 31.2 Å². The standard InChI is InChI=1S/C29H42N2O6/c1-18(14-19-5-6-19)16-27-22-4-3-12-28(27,30-25(33)10-7-20-11-13-36-17-20)37-26-24(32)9-8-21(29(26,27)34)15-23(22)31-35-2/h7,10-11,13,17-19,21-24,26,31-32,34H,3-6,8-9,12,14-16H2,1-2H3,(H,30,33)/b10-7+/t18?,21?,22?,23?,24-,26?,27?,28+,29+/m0/s1. The highest BCUT2D eigenvalue weighted by molar-refractivity contribution is 5.92. The highest BCUT2D eigenvalue weighted by Gasteiger charge is 2.82. The molecule has 5 fully saturated rings. The van der Waals surface area contributed by atoms with Crippen molar-refractivity contribution in [1.29, 1.82) is 0 Å². The van der Waals surface area contributed by atoms with E-state index in [0.717, 1.165) is 50.0 Å². The van der Waals surface area contributed by atoms with Crippen LogP contribution in [0, 0.1) is 29.1 Å². The second-order valence-electron chi connectivity index (χ2n) is 12.5. The zero-order valence-electron chi connectivity index (χ0n) is 22.0. The second kappa shape index (κ2) is 9.49. The molecule has 0 bridgehead atoms. The van der Waals surface area contributed by atoms with E-state index < -0.39 is 28.9 Å². The summed E-state index contributed by atoms with van der Waals surface area (Å²) in [6.07, 6.45) is 13.8. The monoisotopic (exact) mass is 514 g/mol. The third-order valence-corrected chi connectivity index (χ3v) is 10.3. The summed E-state index contributed by atoms with van der Waals surface area (Å²) in [5.41, 5.74) is 1.06. The van der Waals surface area contributed by atoms with E-state index in [-0.39, 0.29) is 23.8 Å². The molecule has 2 heterocycles. The summed E-state index contributed by atoms with van der Waals surface area (Å²) in [6.45, 7) is 2.29. The van der Waals surface area contributed by atoms with E-state index in [4.69, 9.17) is 14.0 Å². The maximum atomic E-state index is 13.5. The van der Waals surface area contributed by atoms with Crippen LogP contribution in [0.4, 0.5) is 0 Å². The van der Waals surface area contributed by atoms with Gasteiger partial charge in [0.2, 0.25) is 5.91 Å². The van der Waals surface area contributed by atoms with Crippen LogP contribution in [0.25, 0.3) is 6.08 Å². The first-order chi connectivity index (χ1) is 17.8. The molecule has 6 rings (SSSR count). The van der Waals surface area contributed by atoms with Crippen molar-refractivity contribution in [3.8, 4) is 0 Å². The average Bonchev–Trinajstić information content (AvgIpc) is 3.44. The number of rotatable bonds is 9. The molecule has 8 nitrogen and oxygen atoms in total. The number of ether oxygens (including phenoxy) is 1. The van der Waals surface area contributed by atoms with E-state index in [1.165, 1.54) is 18.9 Å². The largest absolute Gasteiger partial charge is 0.472 e. The highest BCUT2D eigenvalue weighted by atomic mass is 16.6. The molecular weight excluding hydrogens is 472 g/mol. The van der Waals surface area contributed by atoms with Gasteiger partial charge in [-0.15, -0.1) is 0 Å². The molecular formula is C29H42N2O6. The van der Waals surface area contributed by atoms with E-state index in [1.807, 2.05) is 0 Å². The lowest BCUT2D eigenvalue weighted by Gasteiger charge is -2.65. The molecule has 204 valence electrons. The van der Waals surface area contributed by atoms with Crippen molar-refractivity contribution in [1.82, 2.24) is 10.8 Å². The molecule has 5 aliphatic rings. The average molecular weight is 515 g/mol. The van der Waals surface area contributed by atoms with Crippen molar-refractivity contribution >= 4 is 12.0 Å². The maximum Gasteiger partial charge on any atom is 0.246 e. The number of hydrogen-bond donors (Lipinski definition) is 4. The first kappa shape index (κ1) is 25.6. The van der Waals surface area contributed by atoms with Gasteiger partial charge in [-0.3, -0.25) is 4.79 Å². The van der Waals surface area contributed by atoms with E-state index in [1.54, 1.807) is 31.8 Å². The van der Waals surface area contributed by atoms with Crippen LogP contribution in [-0.2, 0) is 14.4 Å². The molecule has 6 unspecified atom stereocenters. The first-order valence-corrected chi connectivity index (χ1v) is 14.2. The lowest BCUT2D eigenvalue weighted by Crippen LogP contribution is -2.76. The maximum absolute atomic E-state index is 13.5. The third-order valence-electron chi connectivity index (χ3n) is 10.3. The van der Waals surface area contributed by atoms with Crippen molar-refractivity contribution in [3.63, 3.8) is 0 Å². The van der Waals surface area contributed by atoms with Gasteiger partial charge in [0.15, 0.2) is 5.72 Å². The number of aliphatic hydroxyl groups excluding tert-OH is 1. The fourth-order valence-electron chi connectivity index (χ4n) is 9.01. The van der Waals surface area contributed by atoms with Crippen molar-refractivity contribution in [2.75, 3.05) is 7.11 Å². The van der Waals surface area contributed by atoms with Crippen molar-refractivity contribution in [3.05, 3.63) is 30.2 Å². The molecule has 0 spiro atoms. The Morgan fingerprint density at radius 2 is 2.14 bits per heavy atom. The van der Waals surface area contributed by atoms with Gasteiger partial charge in [0.1, 0.15) is 11.7 Å². The van der Waals surface area contributed by atoms with Gasteiger partial charge in [-0.1, -0.05) is 19.8 Å². The summed E-state index contributed by atoms with van der Waals surface area (Å²) in [6, 6.07) is 1.84. The smallest absolute Gasteiger partial charge is 0.246 e. The molecule has 1 amide bonds. The minimum atomic E-state index is -1.22. The Labute approximate surface area is 219 Å². The molecule has 1 aromatic heterocycles. The fraction of sp³-hybridized carbons (Fsp3) is 0.759. The molecule has 0 aromatic carbocycles. The van der Waals surface area contributed by atoms with E-state index >= 15 is 0 Å². The zero-order valence-corrected chi connectivity index (χ0v) is 22.0. The minimum absolute atomic E-state index is 0.0394. The van der Waals surface area contributed by atoms with E-state index in [9.17, 15) is 15.0 Å². The van der Waals surface area contributed by atoms with Gasteiger partial charge < -0.3 is 29.5 Å². The number of carbonyl (C=O) groups excluding carboxylic acids is 1. The van der Waals surface area contributed by atoms with Gasteiger partial charge in [0.25, 0.3) is 0 Å². The quantitative estimate of drug-likeness (QED) is 0.294. The minimum Gasteiger partial charge on any atom is -0.472 e. The SMILES string of the molecule is CONC1CC2CC[C@H](O)C3O[C@]4(NC(=O)/C=C/c5ccoc5)CCCC1C4(CC(C)CC1CC1)[C@@]23O. The fourth-order valence-corrected chi connectivity index (χ4v) is 9.01. The van der Waals surface area contributed by atoms with Crippen LogP contribution in [0.15, 0.2) is 29.1 Å². The molecule has 1 aliphatic heterocycles. The van der Waals surface area contributed by atoms with Crippen molar-refractivity contribution in [2.45, 2.75) is 101 Å². The summed E-state index contributed by atoms with van der Waals surface area (Å²) in [5.74, 6) is 0.852. The topological polar surface area (TPSA) is 113 Å². The number of amides is 1. The van der Waals surface area contributed by atoms with Crippen LogP contribution in [0.1, 0.15) is 76.7 Å². The van der Waals surface area contributed by atoms with Crippen LogP contribution in [0.2, 0.25) is 0 Å². The van der Waals surface area contributed by atoms with E-state index in [0.29, 0.717) is 18.8 Å². The first-order valence-electron chi connectivity index (χ1n) is 14.2. The molecule has 4 saturated carbocycles. The van der Waals surface area contributed by atoms with Gasteiger partial charge >= 0.3 is 0 Å². The van der Waals surface area contributed by atoms with Crippen LogP contribution < -0.4 is 10.8 Å². The summed E-state index contributed by atoms with van der Waals surface area (Å²) < 4.78 is 12.0. The molecule has 0 radical (unpaired) electrons. The van der Waals surface area contributed by atoms with Gasteiger partial charge in [-0.25, -0.2) is 0 Å². The number of aliphatic hydroxyl groups is 2. The second-order valence-corrected chi connectivity index (χ2v) is 12.5. The molecule has 8 heteroatoms. The lowest BCUT2D eigenvalue weighted by molar-refractivity contribution is -0.246. The molecule has 4 N–H and O–H groups in total. The van der Waals surface area contributed by atoms with Gasteiger partial charge in [0, 0.05) is 17.7 Å². The third kappa shape index (κ3) is 3.94. The van der Waals surface area contributed by atoms with Crippen molar-refractivity contribution < 1.29 is 29.0 Å². The predicted molar refractivity (Wildman–Crippen MR) is 137 cm³/mol. The number of carbonyl (C=O) groups is 1. The molecule has 4 aliphatic carbocycles. The molecule has 9 atom stereocenters. The van der Waals surface area contributed by atoms with Crippen LogP contribution in [0.3, 0.4) is 0 Å². The highest BCUT2D eigenvalue weighted by Crippen LogP contribution is 2.72. The number of hydrogen-bond acceptors (Lipinski definition) is 7. The Morgan fingerprint density at radius 3 is 2.86 bits per heavy atom. The van der Waals surface area contributed by atoms with Gasteiger partial charge in [-0.05, 0) is 87.2 Å². The predicted octanol–water partition coefficient (Wildman–Crippen LogP) is 3.54. The summed E-state index contributed by atoms with van der Waals surface area (Å²) in [4.78, 5) is 19.0. The Hall–Kier alpha value is -1.71. The summed E-state index contributed by atoms with van der Waals surface area (Å²) in [7, 11) is 1.65. The molecule has 37 heavy (non-hydrogen) atoms. The molecule has 1 saturated heterocycles. The van der Waals surface area contributed by atoms with Crippen LogP contribution in [0.5, 0.6) is 0 Å². The Kier molecular flexibility index (Phi) is 6.55. The molecule has 1 aromatic rings.